The van der Waals surface area contributed by atoms with E-state index in [1.807, 2.05) is 25.2 Å². The van der Waals surface area contributed by atoms with Gasteiger partial charge in [-0.2, -0.15) is 0 Å². The van der Waals surface area contributed by atoms with E-state index in [-0.39, 0.29) is 6.61 Å². The fourth-order valence-electron chi connectivity index (χ4n) is 2.56. The SMILES string of the molecule is [B]C1(C)C=CC(CO)=C(C2CCN(P)CC2)C=C1. The first kappa shape index (κ1) is 14.1. The molecule has 0 amide bonds. The van der Waals surface area contributed by atoms with Crippen molar-refractivity contribution >= 4 is 17.2 Å². The summed E-state index contributed by atoms with van der Waals surface area (Å²) in [4.78, 5) is 0. The van der Waals surface area contributed by atoms with Crippen molar-refractivity contribution in [3.05, 3.63) is 35.5 Å². The Morgan fingerprint density at radius 3 is 2.61 bits per heavy atom. The second-order valence-corrected chi connectivity index (χ2v) is 6.21. The van der Waals surface area contributed by atoms with Gasteiger partial charge in [0.15, 0.2) is 0 Å². The molecule has 1 heterocycles. The molecular formula is C14H21BNOP. The summed E-state index contributed by atoms with van der Waals surface area (Å²) in [5.41, 5.74) is 2.28. The first-order valence-electron chi connectivity index (χ1n) is 6.53. The van der Waals surface area contributed by atoms with E-state index in [9.17, 15) is 5.11 Å². The summed E-state index contributed by atoms with van der Waals surface area (Å²) in [6, 6.07) is 0. The average molecular weight is 261 g/mol. The molecule has 0 spiro atoms. The summed E-state index contributed by atoms with van der Waals surface area (Å²) in [6.07, 6.45) is 10.4. The zero-order valence-corrected chi connectivity index (χ0v) is 12.1. The van der Waals surface area contributed by atoms with E-state index in [0.29, 0.717) is 5.92 Å². The first-order valence-corrected chi connectivity index (χ1v) is 7.04. The van der Waals surface area contributed by atoms with E-state index in [1.54, 1.807) is 0 Å². The van der Waals surface area contributed by atoms with Gasteiger partial charge in [-0.3, -0.25) is 4.67 Å². The Labute approximate surface area is 113 Å². The standard InChI is InChI=1S/C14H21BNOP/c1-14(15)6-2-12(10-17)13(3-7-14)11-4-8-16(18)9-5-11/h2-3,6-7,11,17H,4-5,8-10,18H2,1H3. The molecule has 2 nitrogen and oxygen atoms in total. The molecule has 2 atom stereocenters. The van der Waals surface area contributed by atoms with Gasteiger partial charge in [-0.05, 0) is 35.2 Å². The molecule has 18 heavy (non-hydrogen) atoms. The van der Waals surface area contributed by atoms with Gasteiger partial charge in [0.05, 0.1) is 14.5 Å². The van der Waals surface area contributed by atoms with Crippen LogP contribution in [0.25, 0.3) is 0 Å². The zero-order chi connectivity index (χ0) is 13.2. The number of allylic oxidation sites excluding steroid dienone is 4. The minimum Gasteiger partial charge on any atom is -0.392 e. The number of hydrogen-bond donors (Lipinski definition) is 1. The lowest BCUT2D eigenvalue weighted by molar-refractivity contribution is 0.311. The molecule has 2 radical (unpaired) electrons. The molecule has 1 fully saturated rings. The van der Waals surface area contributed by atoms with Gasteiger partial charge in [-0.25, -0.2) is 0 Å². The summed E-state index contributed by atoms with van der Waals surface area (Å²) in [5.74, 6) is 0.541. The van der Waals surface area contributed by atoms with Crippen LogP contribution in [-0.2, 0) is 0 Å². The van der Waals surface area contributed by atoms with Crippen LogP contribution in [0.15, 0.2) is 35.5 Å². The molecule has 1 aliphatic carbocycles. The summed E-state index contributed by atoms with van der Waals surface area (Å²) < 4.78 is 2.28. The van der Waals surface area contributed by atoms with Crippen molar-refractivity contribution in [2.24, 2.45) is 5.92 Å². The van der Waals surface area contributed by atoms with Crippen molar-refractivity contribution in [3.63, 3.8) is 0 Å². The van der Waals surface area contributed by atoms with Crippen molar-refractivity contribution in [1.29, 1.82) is 0 Å². The summed E-state index contributed by atoms with van der Waals surface area (Å²) >= 11 is 0. The summed E-state index contributed by atoms with van der Waals surface area (Å²) in [7, 11) is 8.88. The number of nitrogens with zero attached hydrogens (tertiary/aromatic N) is 1. The van der Waals surface area contributed by atoms with Gasteiger partial charge < -0.3 is 5.11 Å². The lowest BCUT2D eigenvalue weighted by atomic mass is 9.70. The molecule has 2 rings (SSSR count). The van der Waals surface area contributed by atoms with Gasteiger partial charge in [0.25, 0.3) is 0 Å². The molecule has 1 aliphatic heterocycles. The highest BCUT2D eigenvalue weighted by atomic mass is 31.0. The van der Waals surface area contributed by atoms with Crippen molar-refractivity contribution in [2.75, 3.05) is 19.7 Å². The molecule has 0 bridgehead atoms. The van der Waals surface area contributed by atoms with Gasteiger partial charge in [0.1, 0.15) is 0 Å². The monoisotopic (exact) mass is 261 g/mol. The molecule has 0 aromatic heterocycles. The van der Waals surface area contributed by atoms with Crippen molar-refractivity contribution < 1.29 is 5.11 Å². The van der Waals surface area contributed by atoms with E-state index in [0.717, 1.165) is 31.5 Å². The fraction of sp³-hybridized carbons (Fsp3) is 0.571. The molecule has 0 aromatic rings. The normalized spacial score (nSPS) is 30.8. The maximum Gasteiger partial charge on any atom is 0.0854 e. The number of aliphatic hydroxyl groups excluding tert-OH is 1. The second-order valence-electron chi connectivity index (χ2n) is 5.48. The smallest absolute Gasteiger partial charge is 0.0854 e. The fourth-order valence-corrected chi connectivity index (χ4v) is 2.86. The summed E-state index contributed by atoms with van der Waals surface area (Å²) in [5, 5.41) is 9.13. The Morgan fingerprint density at radius 1 is 1.39 bits per heavy atom. The third-order valence-corrected chi connectivity index (χ3v) is 4.29. The van der Waals surface area contributed by atoms with Crippen molar-refractivity contribution in [3.8, 4) is 0 Å². The Kier molecular flexibility index (Phi) is 4.48. The number of rotatable bonds is 2. The minimum absolute atomic E-state index is 0.0906. The maximum absolute atomic E-state index is 9.54. The first-order chi connectivity index (χ1) is 8.52. The number of aliphatic hydroxyl groups is 1. The molecule has 1 N–H and O–H groups in total. The van der Waals surface area contributed by atoms with Gasteiger partial charge in [-0.15, -0.1) is 0 Å². The van der Waals surface area contributed by atoms with Crippen LogP contribution < -0.4 is 0 Å². The molecule has 2 unspecified atom stereocenters. The van der Waals surface area contributed by atoms with Gasteiger partial charge in [-0.1, -0.05) is 40.6 Å². The van der Waals surface area contributed by atoms with Crippen LogP contribution in [0.3, 0.4) is 0 Å². The van der Waals surface area contributed by atoms with Crippen LogP contribution in [0.4, 0.5) is 0 Å². The quantitative estimate of drug-likeness (QED) is 0.608. The van der Waals surface area contributed by atoms with Crippen LogP contribution in [0.1, 0.15) is 19.8 Å². The molecule has 4 heteroatoms. The van der Waals surface area contributed by atoms with Crippen LogP contribution in [0.5, 0.6) is 0 Å². The minimum atomic E-state index is -0.413. The Balaban J connectivity index is 2.23. The van der Waals surface area contributed by atoms with E-state index >= 15 is 0 Å². The zero-order valence-electron chi connectivity index (χ0n) is 11.0. The number of piperidine rings is 1. The molecule has 0 aromatic carbocycles. The van der Waals surface area contributed by atoms with Crippen LogP contribution in [0.2, 0.25) is 5.31 Å². The van der Waals surface area contributed by atoms with Crippen molar-refractivity contribution in [1.82, 2.24) is 4.67 Å². The molecule has 96 valence electrons. The average Bonchev–Trinajstić information content (AvgIpc) is 2.49. The predicted molar refractivity (Wildman–Crippen MR) is 80.5 cm³/mol. The van der Waals surface area contributed by atoms with E-state index in [4.69, 9.17) is 7.85 Å². The third kappa shape index (κ3) is 3.35. The highest BCUT2D eigenvalue weighted by molar-refractivity contribution is 7.13. The molecular weight excluding hydrogens is 240 g/mol. The third-order valence-electron chi connectivity index (χ3n) is 3.78. The van der Waals surface area contributed by atoms with Crippen LogP contribution >= 0.6 is 9.39 Å². The van der Waals surface area contributed by atoms with Gasteiger partial charge in [0, 0.05) is 13.1 Å². The lowest BCUT2D eigenvalue weighted by Crippen LogP contribution is -2.27. The Morgan fingerprint density at radius 2 is 2.00 bits per heavy atom. The highest BCUT2D eigenvalue weighted by Gasteiger charge is 2.23. The molecule has 2 aliphatic rings. The maximum atomic E-state index is 9.54. The van der Waals surface area contributed by atoms with Gasteiger partial charge >= 0.3 is 0 Å². The summed E-state index contributed by atoms with van der Waals surface area (Å²) in [6.45, 7) is 4.25. The number of hydrogen-bond acceptors (Lipinski definition) is 2. The van der Waals surface area contributed by atoms with Crippen molar-refractivity contribution in [2.45, 2.75) is 25.1 Å². The van der Waals surface area contributed by atoms with E-state index in [2.05, 4.69) is 20.1 Å². The molecule has 0 saturated carbocycles. The van der Waals surface area contributed by atoms with Crippen LogP contribution in [-0.4, -0.2) is 37.3 Å². The largest absolute Gasteiger partial charge is 0.392 e. The lowest BCUT2D eigenvalue weighted by Gasteiger charge is -2.30. The highest BCUT2D eigenvalue weighted by Crippen LogP contribution is 2.35. The molecule has 1 saturated heterocycles. The van der Waals surface area contributed by atoms with E-state index in [1.165, 1.54) is 5.57 Å². The topological polar surface area (TPSA) is 23.5 Å². The Bertz CT molecular complexity index is 393. The van der Waals surface area contributed by atoms with Gasteiger partial charge in [0.2, 0.25) is 0 Å². The Hall–Kier alpha value is -0.365. The predicted octanol–water partition coefficient (Wildman–Crippen LogP) is 2.25. The van der Waals surface area contributed by atoms with Crippen LogP contribution in [0, 0.1) is 5.92 Å². The van der Waals surface area contributed by atoms with E-state index < -0.39 is 5.31 Å². The second kappa shape index (κ2) is 5.73.